The first-order valence-corrected chi connectivity index (χ1v) is 12.7. The van der Waals surface area contributed by atoms with Crippen molar-refractivity contribution in [3.8, 4) is 5.75 Å². The van der Waals surface area contributed by atoms with Crippen molar-refractivity contribution in [1.29, 1.82) is 0 Å². The van der Waals surface area contributed by atoms with Gasteiger partial charge < -0.3 is 13.8 Å². The van der Waals surface area contributed by atoms with Crippen LogP contribution in [-0.4, -0.2) is 38.5 Å². The molecule has 3 aromatic rings. The number of anilines is 1. The summed E-state index contributed by atoms with van der Waals surface area (Å²) < 4.78 is 72.5. The van der Waals surface area contributed by atoms with Gasteiger partial charge in [-0.3, -0.25) is 14.9 Å². The minimum Gasteiger partial charge on any atom is -0.381 e. The minimum atomic E-state index is -6.08. The first-order chi connectivity index (χ1) is 18.4. The summed E-state index contributed by atoms with van der Waals surface area (Å²) in [5, 5.41) is 11.9. The molecule has 39 heavy (non-hydrogen) atoms. The SMILES string of the molecule is COC/C=C(\C(=O)N(Cc1ccccc1)c1ccccc1OS(=O)(=O)C(F)(F)F)c1cccc(C)c1[N+](=O)[O-]. The molecule has 9 nitrogen and oxygen atoms in total. The van der Waals surface area contributed by atoms with E-state index in [9.17, 15) is 36.5 Å². The van der Waals surface area contributed by atoms with Gasteiger partial charge in [0.15, 0.2) is 5.75 Å². The summed E-state index contributed by atoms with van der Waals surface area (Å²) in [5.41, 5.74) is -5.82. The number of nitro benzene ring substituents is 1. The van der Waals surface area contributed by atoms with Crippen molar-refractivity contribution >= 4 is 33.0 Å². The van der Waals surface area contributed by atoms with Gasteiger partial charge in [-0.15, -0.1) is 0 Å². The number of ether oxygens (including phenoxy) is 1. The fourth-order valence-corrected chi connectivity index (χ4v) is 4.16. The molecule has 0 N–H and O–H groups in total. The first kappa shape index (κ1) is 29.3. The number of benzene rings is 3. The number of para-hydroxylation sites is 3. The summed E-state index contributed by atoms with van der Waals surface area (Å²) >= 11 is 0. The molecule has 0 atom stereocenters. The summed E-state index contributed by atoms with van der Waals surface area (Å²) in [6.45, 7) is 1.12. The number of nitro groups is 1. The third-order valence-corrected chi connectivity index (χ3v) is 6.43. The molecular formula is C26H23F3N2O7S. The highest BCUT2D eigenvalue weighted by atomic mass is 32.2. The van der Waals surface area contributed by atoms with Crippen LogP contribution in [0.1, 0.15) is 16.7 Å². The fourth-order valence-electron chi connectivity index (χ4n) is 3.69. The van der Waals surface area contributed by atoms with E-state index in [1.807, 2.05) is 0 Å². The Morgan fingerprint density at radius 2 is 1.67 bits per heavy atom. The Bertz CT molecular complexity index is 1490. The van der Waals surface area contributed by atoms with Gasteiger partial charge in [-0.05, 0) is 36.8 Å². The molecule has 0 radical (unpaired) electrons. The Morgan fingerprint density at radius 3 is 2.28 bits per heavy atom. The summed E-state index contributed by atoms with van der Waals surface area (Å²) in [4.78, 5) is 26.4. The molecule has 0 unspecified atom stereocenters. The molecule has 0 saturated carbocycles. The van der Waals surface area contributed by atoms with Gasteiger partial charge in [-0.25, -0.2) is 0 Å². The number of rotatable bonds is 10. The van der Waals surface area contributed by atoms with Crippen LogP contribution in [0.3, 0.4) is 0 Å². The van der Waals surface area contributed by atoms with Gasteiger partial charge in [0.05, 0.1) is 34.9 Å². The van der Waals surface area contributed by atoms with Crippen LogP contribution in [0.5, 0.6) is 5.75 Å². The Morgan fingerprint density at radius 1 is 1.03 bits per heavy atom. The topological polar surface area (TPSA) is 116 Å². The average molecular weight is 565 g/mol. The highest BCUT2D eigenvalue weighted by Crippen LogP contribution is 2.37. The number of methoxy groups -OCH3 is 1. The molecule has 0 spiro atoms. The molecule has 0 aliphatic carbocycles. The largest absolute Gasteiger partial charge is 0.534 e. The van der Waals surface area contributed by atoms with Gasteiger partial charge in [0.1, 0.15) is 0 Å². The second-order valence-corrected chi connectivity index (χ2v) is 9.67. The van der Waals surface area contributed by atoms with E-state index >= 15 is 0 Å². The summed E-state index contributed by atoms with van der Waals surface area (Å²) in [6.07, 6.45) is 1.30. The summed E-state index contributed by atoms with van der Waals surface area (Å²) in [6, 6.07) is 17.5. The maximum absolute atomic E-state index is 14.1. The average Bonchev–Trinajstić information content (AvgIpc) is 2.87. The molecule has 0 bridgehead atoms. The minimum absolute atomic E-state index is 0.0542. The molecule has 0 heterocycles. The van der Waals surface area contributed by atoms with Crippen molar-refractivity contribution in [2.45, 2.75) is 19.0 Å². The van der Waals surface area contributed by atoms with Crippen molar-refractivity contribution in [1.82, 2.24) is 0 Å². The molecule has 206 valence electrons. The van der Waals surface area contributed by atoms with Crippen molar-refractivity contribution in [2.75, 3.05) is 18.6 Å². The number of carbonyl (C=O) groups excluding carboxylic acids is 1. The van der Waals surface area contributed by atoms with Crippen LogP contribution >= 0.6 is 0 Å². The zero-order valence-electron chi connectivity index (χ0n) is 20.7. The van der Waals surface area contributed by atoms with Crippen molar-refractivity contribution in [2.24, 2.45) is 0 Å². The summed E-state index contributed by atoms with van der Waals surface area (Å²) in [7, 11) is -4.73. The van der Waals surface area contributed by atoms with Crippen LogP contribution in [0.2, 0.25) is 0 Å². The standard InChI is InChI=1S/C26H23F3N2O7S/c1-18-9-8-12-20(24(18)31(33)34)21(15-16-37-2)25(32)30(17-19-10-4-3-5-11-19)22-13-6-7-14-23(22)38-39(35,36)26(27,28)29/h3-15H,16-17H2,1-2H3/b21-15-. The van der Waals surface area contributed by atoms with E-state index in [2.05, 4.69) is 4.18 Å². The predicted molar refractivity (Wildman–Crippen MR) is 137 cm³/mol. The second kappa shape index (κ2) is 12.1. The molecule has 3 rings (SSSR count). The third-order valence-electron chi connectivity index (χ3n) is 5.46. The lowest BCUT2D eigenvalue weighted by Crippen LogP contribution is -2.33. The highest BCUT2D eigenvalue weighted by molar-refractivity contribution is 7.88. The van der Waals surface area contributed by atoms with Gasteiger partial charge in [0, 0.05) is 12.7 Å². The molecule has 1 amide bonds. The van der Waals surface area contributed by atoms with Gasteiger partial charge in [-0.1, -0.05) is 54.6 Å². The van der Waals surface area contributed by atoms with E-state index in [1.54, 1.807) is 30.3 Å². The van der Waals surface area contributed by atoms with E-state index in [0.717, 1.165) is 11.0 Å². The van der Waals surface area contributed by atoms with Crippen LogP contribution in [0.25, 0.3) is 5.57 Å². The number of hydrogen-bond acceptors (Lipinski definition) is 7. The number of alkyl halides is 3. The van der Waals surface area contributed by atoms with Gasteiger partial charge >= 0.3 is 15.6 Å². The molecule has 13 heteroatoms. The third kappa shape index (κ3) is 6.81. The van der Waals surface area contributed by atoms with Crippen LogP contribution in [0.15, 0.2) is 78.9 Å². The second-order valence-electron chi connectivity index (χ2n) is 8.13. The molecule has 0 aliphatic heterocycles. The quantitative estimate of drug-likeness (QED) is 0.107. The zero-order chi connectivity index (χ0) is 28.8. The van der Waals surface area contributed by atoms with E-state index < -0.39 is 32.2 Å². The Balaban J connectivity index is 2.24. The number of nitrogens with zero attached hydrogens (tertiary/aromatic N) is 2. The van der Waals surface area contributed by atoms with Gasteiger partial charge in [0.2, 0.25) is 0 Å². The molecular weight excluding hydrogens is 541 g/mol. The molecule has 3 aromatic carbocycles. The maximum atomic E-state index is 14.1. The lowest BCUT2D eigenvalue weighted by molar-refractivity contribution is -0.385. The monoisotopic (exact) mass is 564 g/mol. The van der Waals surface area contributed by atoms with E-state index in [1.165, 1.54) is 56.5 Å². The predicted octanol–water partition coefficient (Wildman–Crippen LogP) is 5.39. The zero-order valence-corrected chi connectivity index (χ0v) is 21.5. The van der Waals surface area contributed by atoms with Gasteiger partial charge in [-0.2, -0.15) is 21.6 Å². The van der Waals surface area contributed by atoms with Gasteiger partial charge in [0.25, 0.3) is 11.6 Å². The number of aryl methyl sites for hydroxylation is 1. The van der Waals surface area contributed by atoms with E-state index in [4.69, 9.17) is 4.74 Å². The van der Waals surface area contributed by atoms with Crippen molar-refractivity contribution in [3.05, 3.63) is 106 Å². The Kier molecular flexibility index (Phi) is 9.09. The van der Waals surface area contributed by atoms with Crippen LogP contribution in [0, 0.1) is 17.0 Å². The van der Waals surface area contributed by atoms with Crippen LogP contribution < -0.4 is 9.08 Å². The van der Waals surface area contributed by atoms with E-state index in [0.29, 0.717) is 5.56 Å². The number of carbonyl (C=O) groups is 1. The normalized spacial score (nSPS) is 12.2. The number of halogens is 3. The fraction of sp³-hybridized carbons (Fsp3) is 0.192. The number of amides is 1. The molecule has 0 aliphatic rings. The molecule has 0 fully saturated rings. The highest BCUT2D eigenvalue weighted by Gasteiger charge is 2.49. The lowest BCUT2D eigenvalue weighted by Gasteiger charge is -2.26. The first-order valence-electron chi connectivity index (χ1n) is 11.3. The Hall–Kier alpha value is -4.23. The summed E-state index contributed by atoms with van der Waals surface area (Å²) in [5.74, 6) is -1.63. The smallest absolute Gasteiger partial charge is 0.381 e. The van der Waals surface area contributed by atoms with Crippen molar-refractivity contribution in [3.63, 3.8) is 0 Å². The van der Waals surface area contributed by atoms with Crippen LogP contribution in [0.4, 0.5) is 24.5 Å². The maximum Gasteiger partial charge on any atom is 0.534 e. The van der Waals surface area contributed by atoms with E-state index in [-0.39, 0.29) is 41.2 Å². The molecule has 0 aromatic heterocycles. The molecule has 0 saturated heterocycles. The van der Waals surface area contributed by atoms with Crippen molar-refractivity contribution < 1.29 is 40.2 Å². The van der Waals surface area contributed by atoms with Crippen LogP contribution in [-0.2, 0) is 26.2 Å². The number of hydrogen-bond donors (Lipinski definition) is 0. The lowest BCUT2D eigenvalue weighted by atomic mass is 9.98. The Labute approximate surface area is 222 Å².